The van der Waals surface area contributed by atoms with Crippen molar-refractivity contribution in [3.63, 3.8) is 0 Å². The first kappa shape index (κ1) is 21.8. The normalized spacial score (nSPS) is 12.9. The van der Waals surface area contributed by atoms with Gasteiger partial charge in [-0.2, -0.15) is 0 Å². The second-order valence-electron chi connectivity index (χ2n) is 7.49. The van der Waals surface area contributed by atoms with Crippen molar-refractivity contribution < 1.29 is 19.0 Å². The van der Waals surface area contributed by atoms with Gasteiger partial charge < -0.3 is 19.5 Å². The van der Waals surface area contributed by atoms with Crippen LogP contribution in [0.15, 0.2) is 84.0 Å². The minimum atomic E-state index is -0.431. The van der Waals surface area contributed by atoms with Crippen LogP contribution in [0.4, 0.5) is 5.69 Å². The van der Waals surface area contributed by atoms with E-state index in [-0.39, 0.29) is 19.3 Å². The molecule has 1 aliphatic heterocycles. The molecule has 34 heavy (non-hydrogen) atoms. The van der Waals surface area contributed by atoms with Crippen LogP contribution in [-0.2, 0) is 11.4 Å². The van der Waals surface area contributed by atoms with Crippen molar-refractivity contribution in [1.29, 1.82) is 0 Å². The smallest absolute Gasteiger partial charge is 0.237 e. The molecule has 3 aromatic carbocycles. The Morgan fingerprint density at radius 3 is 2.56 bits per heavy atom. The van der Waals surface area contributed by atoms with Crippen molar-refractivity contribution in [1.82, 2.24) is 14.8 Å². The van der Waals surface area contributed by atoms with Crippen molar-refractivity contribution in [3.8, 4) is 22.9 Å². The molecule has 0 unspecified atom stereocenters. The fourth-order valence-corrected chi connectivity index (χ4v) is 4.29. The number of para-hydroxylation sites is 2. The molecule has 1 N–H and O–H groups in total. The van der Waals surface area contributed by atoms with E-state index in [1.54, 1.807) is 18.2 Å². The van der Waals surface area contributed by atoms with E-state index in [2.05, 4.69) is 15.5 Å². The number of aromatic nitrogens is 3. The number of carbonyl (C=O) groups excluding carboxylic acids is 1. The lowest BCUT2D eigenvalue weighted by Crippen LogP contribution is -2.23. The van der Waals surface area contributed by atoms with Gasteiger partial charge in [0.05, 0.1) is 5.25 Å². The summed E-state index contributed by atoms with van der Waals surface area (Å²) < 4.78 is 18.5. The maximum Gasteiger partial charge on any atom is 0.237 e. The lowest BCUT2D eigenvalue weighted by atomic mass is 10.2. The van der Waals surface area contributed by atoms with Gasteiger partial charge in [0.25, 0.3) is 0 Å². The van der Waals surface area contributed by atoms with Crippen molar-refractivity contribution in [3.05, 3.63) is 84.7 Å². The van der Waals surface area contributed by atoms with Crippen molar-refractivity contribution >= 4 is 23.4 Å². The highest BCUT2D eigenvalue weighted by Gasteiger charge is 2.22. The molecule has 5 rings (SSSR count). The molecular weight excluding hydrogens is 452 g/mol. The Morgan fingerprint density at radius 1 is 1.03 bits per heavy atom. The lowest BCUT2D eigenvalue weighted by Gasteiger charge is -2.14. The monoisotopic (exact) mass is 474 g/mol. The van der Waals surface area contributed by atoms with Crippen molar-refractivity contribution in [2.75, 3.05) is 12.1 Å². The molecule has 2 heterocycles. The third kappa shape index (κ3) is 4.84. The van der Waals surface area contributed by atoms with Crippen molar-refractivity contribution in [2.24, 2.45) is 0 Å². The third-order valence-electron chi connectivity index (χ3n) is 5.12. The van der Waals surface area contributed by atoms with E-state index in [0.717, 1.165) is 11.4 Å². The molecule has 0 spiro atoms. The molecule has 0 radical (unpaired) electrons. The third-order valence-corrected chi connectivity index (χ3v) is 6.16. The van der Waals surface area contributed by atoms with Gasteiger partial charge in [0.2, 0.25) is 12.7 Å². The molecule has 0 saturated carbocycles. The molecular formula is C25H22N4O4S. The highest BCUT2D eigenvalue weighted by atomic mass is 32.2. The zero-order valence-corrected chi connectivity index (χ0v) is 19.2. The minimum Gasteiger partial charge on any atom is -0.486 e. The fraction of sp³-hybridized carbons (Fsp3) is 0.160. The summed E-state index contributed by atoms with van der Waals surface area (Å²) in [6, 6.07) is 24.6. The van der Waals surface area contributed by atoms with Crippen molar-refractivity contribution in [2.45, 2.75) is 23.9 Å². The predicted octanol–water partition coefficient (Wildman–Crippen LogP) is 4.69. The Morgan fingerprint density at radius 2 is 1.76 bits per heavy atom. The van der Waals surface area contributed by atoms with Crippen LogP contribution >= 0.6 is 11.8 Å². The first-order chi connectivity index (χ1) is 16.7. The molecule has 1 aromatic heterocycles. The van der Waals surface area contributed by atoms with E-state index in [0.29, 0.717) is 28.2 Å². The number of nitrogens with one attached hydrogen (secondary N) is 1. The average molecular weight is 475 g/mol. The Balaban J connectivity index is 1.33. The van der Waals surface area contributed by atoms with Crippen LogP contribution in [-0.4, -0.2) is 32.7 Å². The second kappa shape index (κ2) is 9.88. The molecule has 1 atom stereocenters. The SMILES string of the molecule is C[C@@H](Sc1nnc(COc2ccccc2)n1-c1ccccc1)C(=O)Nc1ccc2c(c1)OCO2. The number of hydrogen-bond acceptors (Lipinski definition) is 7. The summed E-state index contributed by atoms with van der Waals surface area (Å²) in [5.41, 5.74) is 1.54. The summed E-state index contributed by atoms with van der Waals surface area (Å²) in [5, 5.41) is 11.8. The highest BCUT2D eigenvalue weighted by Crippen LogP contribution is 2.34. The van der Waals surface area contributed by atoms with Gasteiger partial charge >= 0.3 is 0 Å². The van der Waals surface area contributed by atoms with Crippen LogP contribution in [0, 0.1) is 0 Å². The molecule has 4 aromatic rings. The van der Waals surface area contributed by atoms with Gasteiger partial charge in [-0.25, -0.2) is 0 Å². The number of benzene rings is 3. The summed E-state index contributed by atoms with van der Waals surface area (Å²) in [5.74, 6) is 2.51. The summed E-state index contributed by atoms with van der Waals surface area (Å²) in [4.78, 5) is 12.9. The number of thioether (sulfide) groups is 1. The zero-order chi connectivity index (χ0) is 23.3. The van der Waals surface area contributed by atoms with Gasteiger partial charge in [0.15, 0.2) is 22.5 Å². The number of carbonyl (C=O) groups is 1. The number of rotatable bonds is 8. The lowest BCUT2D eigenvalue weighted by molar-refractivity contribution is -0.115. The molecule has 0 bridgehead atoms. The summed E-state index contributed by atoms with van der Waals surface area (Å²) in [6.07, 6.45) is 0. The average Bonchev–Trinajstić information content (AvgIpc) is 3.50. The van der Waals surface area contributed by atoms with Gasteiger partial charge in [-0.05, 0) is 43.3 Å². The Labute approximate surface area is 200 Å². The summed E-state index contributed by atoms with van der Waals surface area (Å²) in [7, 11) is 0. The number of anilines is 1. The number of ether oxygens (including phenoxy) is 3. The fourth-order valence-electron chi connectivity index (χ4n) is 3.40. The highest BCUT2D eigenvalue weighted by molar-refractivity contribution is 8.00. The van der Waals surface area contributed by atoms with Gasteiger partial charge in [-0.1, -0.05) is 48.2 Å². The molecule has 1 amide bonds. The van der Waals surface area contributed by atoms with Crippen LogP contribution in [0.5, 0.6) is 17.2 Å². The largest absolute Gasteiger partial charge is 0.486 e. The van der Waals surface area contributed by atoms with Crippen LogP contribution in [0.2, 0.25) is 0 Å². The Kier molecular flexibility index (Phi) is 6.35. The maximum absolute atomic E-state index is 12.9. The molecule has 0 aliphatic carbocycles. The van der Waals surface area contributed by atoms with Crippen LogP contribution in [0.3, 0.4) is 0 Å². The number of amides is 1. The number of nitrogens with zero attached hydrogens (tertiary/aromatic N) is 3. The van der Waals surface area contributed by atoms with E-state index in [1.807, 2.05) is 72.2 Å². The second-order valence-corrected chi connectivity index (χ2v) is 8.80. The summed E-state index contributed by atoms with van der Waals surface area (Å²) in [6.45, 7) is 2.26. The van der Waals surface area contributed by atoms with E-state index < -0.39 is 5.25 Å². The van der Waals surface area contributed by atoms with Gasteiger partial charge in [0.1, 0.15) is 12.4 Å². The van der Waals surface area contributed by atoms with E-state index in [9.17, 15) is 4.79 Å². The first-order valence-electron chi connectivity index (χ1n) is 10.7. The van der Waals surface area contributed by atoms with Gasteiger partial charge in [-0.3, -0.25) is 9.36 Å². The molecule has 172 valence electrons. The quantitative estimate of drug-likeness (QED) is 0.371. The van der Waals surface area contributed by atoms with E-state index in [1.165, 1.54) is 11.8 Å². The summed E-state index contributed by atoms with van der Waals surface area (Å²) >= 11 is 1.33. The van der Waals surface area contributed by atoms with Crippen LogP contribution in [0.1, 0.15) is 12.7 Å². The number of fused-ring (bicyclic) bond motifs is 1. The molecule has 8 nitrogen and oxygen atoms in total. The van der Waals surface area contributed by atoms with E-state index in [4.69, 9.17) is 14.2 Å². The minimum absolute atomic E-state index is 0.159. The topological polar surface area (TPSA) is 87.5 Å². The zero-order valence-electron chi connectivity index (χ0n) is 18.4. The molecule has 1 aliphatic rings. The van der Waals surface area contributed by atoms with Crippen LogP contribution in [0.25, 0.3) is 5.69 Å². The Bertz CT molecular complexity index is 1280. The molecule has 9 heteroatoms. The first-order valence-corrected chi connectivity index (χ1v) is 11.6. The molecule has 0 saturated heterocycles. The number of hydrogen-bond donors (Lipinski definition) is 1. The standard InChI is InChI=1S/C25H22N4O4S/c1-17(24(30)26-18-12-13-21-22(14-18)33-16-32-21)34-25-28-27-23(15-31-20-10-6-3-7-11-20)29(25)19-8-4-2-5-9-19/h2-14,17H,15-16H2,1H3,(H,26,30)/t17-/m1/s1. The maximum atomic E-state index is 12.9. The molecule has 0 fully saturated rings. The Hall–Kier alpha value is -3.98. The van der Waals surface area contributed by atoms with Crippen LogP contribution < -0.4 is 19.5 Å². The van der Waals surface area contributed by atoms with Gasteiger partial charge in [0, 0.05) is 17.4 Å². The van der Waals surface area contributed by atoms with Gasteiger partial charge in [-0.15, -0.1) is 10.2 Å². The van der Waals surface area contributed by atoms with E-state index >= 15 is 0 Å². The predicted molar refractivity (Wildman–Crippen MR) is 129 cm³/mol.